The van der Waals surface area contributed by atoms with Crippen molar-refractivity contribution in [3.05, 3.63) is 309 Å². The molecule has 0 radical (unpaired) electrons. The third kappa shape index (κ3) is 21.9. The molecule has 10 aromatic carbocycles. The van der Waals surface area contributed by atoms with Crippen molar-refractivity contribution in [2.24, 2.45) is 11.5 Å². The highest BCUT2D eigenvalue weighted by molar-refractivity contribution is 6.03. The molecule has 0 spiro atoms. The first-order chi connectivity index (χ1) is 54.9. The van der Waals surface area contributed by atoms with Crippen LogP contribution in [0.5, 0.6) is 23.0 Å². The third-order valence-electron chi connectivity index (χ3n) is 18.1. The molecule has 0 saturated carbocycles. The van der Waals surface area contributed by atoms with Crippen LogP contribution in [0.2, 0.25) is 0 Å². The zero-order chi connectivity index (χ0) is 79.6. The van der Waals surface area contributed by atoms with Crippen LogP contribution in [0.4, 0.5) is 11.4 Å². The predicted molar refractivity (Wildman–Crippen MR) is 416 cm³/mol. The Kier molecular flexibility index (Phi) is 27.5. The van der Waals surface area contributed by atoms with E-state index in [9.17, 15) is 19.2 Å². The number of esters is 6. The number of fused-ring (bicyclic) bond motifs is 4. The standard InChI is InChI=1S/C86H78N8O16.CH2O2/c87-85(88)91-65-37-39-67-63(45-65)31-17-41-103-77-69(33-15-35-73(77)109-81(67)99)79(97)93(71(83(101)107-53-57-23-9-3-10-24-57)47-75(95)105-51-55-19-5-1-6-20-55)49-59-27-13-29-61(43-59)62-30-14-28-60(44-62)50-94(72(84(102)108-54-58-25-11-4-12-26-58)48-76(96)106-52-56-21-7-2-8-22-56)80(98)70-34-16-36-74-78(70)104-42-18-32-64-46-66(92-86(89)90)38-40-68(64)82(100)110-74;2-1-3/h1-16,19-30,33-40,43-46,71-72H,17-18,31-32,41-42,47-54H2,(H4,87,88,91)(H4,89,90,92);1H,(H,2,3)/t71-,72-;/m0./s1. The van der Waals surface area contributed by atoms with Gasteiger partial charge in [-0.25, -0.2) is 19.2 Å². The van der Waals surface area contributed by atoms with E-state index < -0.39 is 72.6 Å². The van der Waals surface area contributed by atoms with Gasteiger partial charge in [-0.05, 0) is 154 Å². The van der Waals surface area contributed by atoms with Crippen LogP contribution in [0, 0.1) is 10.8 Å². The molecule has 0 unspecified atom stereocenters. The van der Waals surface area contributed by atoms with Crippen LogP contribution in [0.1, 0.15) is 112 Å². The Balaban J connectivity index is 0.00000414. The lowest BCUT2D eigenvalue weighted by molar-refractivity contribution is -0.157. The van der Waals surface area contributed by atoms with Crippen LogP contribution in [0.25, 0.3) is 11.1 Å². The molecule has 0 saturated heterocycles. The van der Waals surface area contributed by atoms with E-state index in [1.165, 1.54) is 46.2 Å². The van der Waals surface area contributed by atoms with Crippen molar-refractivity contribution < 1.29 is 86.2 Å². The number of nitrogens with zero attached hydrogens (tertiary/aromatic N) is 2. The summed E-state index contributed by atoms with van der Waals surface area (Å²) < 4.78 is 48.5. The molecule has 9 N–H and O–H groups in total. The number of guanidine groups is 2. The molecular formula is C87H80N8O18. The minimum Gasteiger partial charge on any atom is -0.489 e. The van der Waals surface area contributed by atoms with Crippen molar-refractivity contribution in [2.45, 2.75) is 90.1 Å². The highest BCUT2D eigenvalue weighted by atomic mass is 16.6. The molecule has 2 atom stereocenters. The topological polar surface area (TPSA) is 378 Å². The maximum atomic E-state index is 16.0. The Labute approximate surface area is 650 Å². The molecule has 26 nitrogen and oxygen atoms in total. The number of benzene rings is 10. The van der Waals surface area contributed by atoms with Gasteiger partial charge < -0.3 is 74.9 Å². The molecular weight excluding hydrogens is 1440 g/mol. The summed E-state index contributed by atoms with van der Waals surface area (Å²) in [6.07, 6.45) is -0.0520. The summed E-state index contributed by atoms with van der Waals surface area (Å²) in [5, 5.41) is 27.9. The molecule has 0 aromatic heterocycles. The second-order valence-corrected chi connectivity index (χ2v) is 26.1. The van der Waals surface area contributed by atoms with Gasteiger partial charge in [-0.2, -0.15) is 0 Å². The van der Waals surface area contributed by atoms with Crippen LogP contribution < -0.4 is 41.0 Å². The summed E-state index contributed by atoms with van der Waals surface area (Å²) in [5.74, 6) is -7.81. The molecule has 0 aliphatic carbocycles. The second-order valence-electron chi connectivity index (χ2n) is 26.1. The number of carbonyl (C=O) groups is 9. The lowest BCUT2D eigenvalue weighted by Crippen LogP contribution is -2.47. The monoisotopic (exact) mass is 1520 g/mol. The number of rotatable bonds is 25. The predicted octanol–water partition coefficient (Wildman–Crippen LogP) is 12.5. The fraction of sp³-hybridized carbons (Fsp3) is 0.184. The summed E-state index contributed by atoms with van der Waals surface area (Å²) in [6, 6.07) is 64.8. The summed E-state index contributed by atoms with van der Waals surface area (Å²) in [4.78, 5) is 130. The lowest BCUT2D eigenvalue weighted by Gasteiger charge is -2.31. The molecule has 2 aliphatic rings. The van der Waals surface area contributed by atoms with Crippen LogP contribution in [-0.2, 0) is 95.3 Å². The van der Waals surface area contributed by atoms with Crippen molar-refractivity contribution in [2.75, 3.05) is 23.8 Å². The summed E-state index contributed by atoms with van der Waals surface area (Å²) >= 11 is 0. The van der Waals surface area contributed by atoms with Crippen molar-refractivity contribution in [1.82, 2.24) is 9.80 Å². The van der Waals surface area contributed by atoms with Gasteiger partial charge in [0, 0.05) is 24.5 Å². The quantitative estimate of drug-likeness (QED) is 0.00698. The molecule has 10 aromatic rings. The van der Waals surface area contributed by atoms with Gasteiger partial charge in [-0.1, -0.05) is 170 Å². The van der Waals surface area contributed by atoms with Crippen molar-refractivity contribution in [3.63, 3.8) is 0 Å². The van der Waals surface area contributed by atoms with Gasteiger partial charge in [0.15, 0.2) is 34.9 Å². The van der Waals surface area contributed by atoms with Crippen molar-refractivity contribution in [3.8, 4) is 34.1 Å². The summed E-state index contributed by atoms with van der Waals surface area (Å²) in [5.41, 5.74) is 18.1. The average Bonchev–Trinajstić information content (AvgIpc) is 0.787. The molecule has 0 fully saturated rings. The van der Waals surface area contributed by atoms with Crippen LogP contribution >= 0.6 is 0 Å². The van der Waals surface area contributed by atoms with Crippen molar-refractivity contribution >= 4 is 77.4 Å². The van der Waals surface area contributed by atoms with Gasteiger partial charge in [0.1, 0.15) is 38.5 Å². The molecule has 2 amide bonds. The summed E-state index contributed by atoms with van der Waals surface area (Å²) in [6.45, 7) is -1.72. The SMILES string of the molecule is N=C(N)Nc1ccc2c(c1)CCCOc1c(cccc1C(=O)N(Cc1cccc(-c3cccc(CN(C(=O)c4cccc5c4OCCCc4cc(NC(=N)N)ccc4C(=O)O5)[C@@H](CC(=O)OCc4ccccc4)C(=O)OCc4ccccc4)c3)c1)[C@@H](CC(=O)OCc1ccccc1)C(=O)OCc1ccccc1)OC2=O.O=CO. The second kappa shape index (κ2) is 39.1. The lowest BCUT2D eigenvalue weighted by atomic mass is 9.99. The van der Waals surface area contributed by atoms with Gasteiger partial charge in [-0.15, -0.1) is 0 Å². The maximum absolute atomic E-state index is 16.0. The first-order valence-corrected chi connectivity index (χ1v) is 36.0. The van der Waals surface area contributed by atoms with E-state index >= 15 is 19.2 Å². The van der Waals surface area contributed by atoms with E-state index in [0.29, 0.717) is 92.7 Å². The normalized spacial score (nSPS) is 12.6. The smallest absolute Gasteiger partial charge is 0.343 e. The zero-order valence-electron chi connectivity index (χ0n) is 61.2. The van der Waals surface area contributed by atoms with Crippen LogP contribution in [0.15, 0.2) is 243 Å². The number of aryl methyl sites for hydroxylation is 2. The van der Waals surface area contributed by atoms with Crippen molar-refractivity contribution in [1.29, 1.82) is 10.8 Å². The van der Waals surface area contributed by atoms with E-state index in [1.54, 1.807) is 194 Å². The number of amides is 2. The first-order valence-electron chi connectivity index (χ1n) is 36.0. The van der Waals surface area contributed by atoms with Crippen LogP contribution in [-0.4, -0.2) is 106 Å². The van der Waals surface area contributed by atoms with E-state index in [4.69, 9.17) is 70.1 Å². The largest absolute Gasteiger partial charge is 0.489 e. The Morgan fingerprint density at radius 2 is 0.779 bits per heavy atom. The first kappa shape index (κ1) is 79.6. The molecule has 26 heteroatoms. The Morgan fingerprint density at radius 3 is 1.13 bits per heavy atom. The number of nitrogens with one attached hydrogen (secondary N) is 4. The molecule has 0 bridgehead atoms. The number of hydrogen-bond acceptors (Lipinski definition) is 19. The molecule has 576 valence electrons. The fourth-order valence-electron chi connectivity index (χ4n) is 12.7. The summed E-state index contributed by atoms with van der Waals surface area (Å²) in [7, 11) is 0. The van der Waals surface area contributed by atoms with E-state index in [2.05, 4.69) is 10.6 Å². The van der Waals surface area contributed by atoms with E-state index in [1.807, 2.05) is 12.1 Å². The number of para-hydroxylation sites is 2. The fourth-order valence-corrected chi connectivity index (χ4v) is 12.7. The van der Waals surface area contributed by atoms with Gasteiger partial charge >= 0.3 is 35.8 Å². The number of carboxylic acid groups (broad SMARTS) is 1. The van der Waals surface area contributed by atoms with Gasteiger partial charge in [-0.3, -0.25) is 34.8 Å². The van der Waals surface area contributed by atoms with Crippen LogP contribution in [0.3, 0.4) is 0 Å². The minimum absolute atomic E-state index is 0.0149. The molecule has 2 heterocycles. The van der Waals surface area contributed by atoms with Gasteiger partial charge in [0.2, 0.25) is 0 Å². The number of carbonyl (C=O) groups excluding carboxylic acids is 8. The van der Waals surface area contributed by atoms with E-state index in [0.717, 1.165) is 0 Å². The minimum atomic E-state index is -1.67. The van der Waals surface area contributed by atoms with Gasteiger partial charge in [0.05, 0.1) is 48.3 Å². The van der Waals surface area contributed by atoms with Gasteiger partial charge in [0.25, 0.3) is 18.3 Å². The third-order valence-corrected chi connectivity index (χ3v) is 18.1. The number of anilines is 2. The molecule has 12 rings (SSSR count). The number of ether oxygens (including phenoxy) is 8. The Bertz CT molecular complexity index is 4800. The molecule has 2 aliphatic heterocycles. The number of hydrogen-bond donors (Lipinski definition) is 7. The Hall–Kier alpha value is -14.4. The molecule has 113 heavy (non-hydrogen) atoms. The average molecular weight is 1530 g/mol. The van der Waals surface area contributed by atoms with E-state index in [-0.39, 0.29) is 116 Å². The zero-order valence-corrected chi connectivity index (χ0v) is 61.2. The highest BCUT2D eigenvalue weighted by Gasteiger charge is 2.39. The Morgan fingerprint density at radius 1 is 0.442 bits per heavy atom. The maximum Gasteiger partial charge on any atom is 0.343 e. The number of nitrogens with two attached hydrogens (primary N) is 2. The highest BCUT2D eigenvalue weighted by Crippen LogP contribution is 2.39.